The lowest BCUT2D eigenvalue weighted by atomic mass is 9.83. The molecule has 0 spiro atoms. The molecule has 2 heterocycles. The Morgan fingerprint density at radius 3 is 2.20 bits per heavy atom. The zero-order chi connectivity index (χ0) is 29.1. The van der Waals surface area contributed by atoms with Crippen LogP contribution in [0.4, 0.5) is 13.2 Å². The average molecular weight is 603 g/mol. The van der Waals surface area contributed by atoms with Crippen LogP contribution in [0.2, 0.25) is 0 Å². The number of nitrogens with one attached hydrogen (secondary N) is 2. The summed E-state index contributed by atoms with van der Waals surface area (Å²) in [6.45, 7) is -0.451. The van der Waals surface area contributed by atoms with Gasteiger partial charge in [-0.05, 0) is 61.8 Å². The number of amides is 1. The normalized spacial score (nSPS) is 22.2. The maximum Gasteiger partial charge on any atom is 0.251 e. The van der Waals surface area contributed by atoms with Gasteiger partial charge in [0.2, 0.25) is 20.0 Å². The molecule has 2 aliphatic rings. The molecular weight excluding hydrogens is 569 g/mol. The Morgan fingerprint density at radius 1 is 0.925 bits per heavy atom. The summed E-state index contributed by atoms with van der Waals surface area (Å²) >= 11 is 0. The number of fused-ring (bicyclic) bond motifs is 2. The van der Waals surface area contributed by atoms with Crippen molar-refractivity contribution >= 4 is 26.0 Å². The highest BCUT2D eigenvalue weighted by molar-refractivity contribution is 7.90. The minimum Gasteiger partial charge on any atom is -0.351 e. The molecule has 2 aromatic rings. The van der Waals surface area contributed by atoms with E-state index < -0.39 is 61.0 Å². The summed E-state index contributed by atoms with van der Waals surface area (Å²) in [5.74, 6) is -4.68. The second-order valence-corrected chi connectivity index (χ2v) is 14.2. The number of rotatable bonds is 12. The zero-order valence-corrected chi connectivity index (χ0v) is 23.4. The number of hydrogen-bond donors (Lipinski definition) is 3. The molecule has 2 bridgehead atoms. The summed E-state index contributed by atoms with van der Waals surface area (Å²) in [5, 5.41) is 2.52. The fraction of sp³-hybridized carbons (Fsp3) is 0.500. The molecule has 0 unspecified atom stereocenters. The van der Waals surface area contributed by atoms with Crippen LogP contribution in [0.3, 0.4) is 0 Å². The van der Waals surface area contributed by atoms with Crippen LogP contribution in [-0.4, -0.2) is 69.8 Å². The first-order chi connectivity index (χ1) is 18.9. The third kappa shape index (κ3) is 7.40. The third-order valence-electron chi connectivity index (χ3n) is 7.55. The van der Waals surface area contributed by atoms with Crippen LogP contribution in [-0.2, 0) is 26.5 Å². The fourth-order valence-corrected chi connectivity index (χ4v) is 8.53. The van der Waals surface area contributed by atoms with Gasteiger partial charge in [-0.3, -0.25) is 4.79 Å². The van der Waals surface area contributed by atoms with Gasteiger partial charge in [-0.15, -0.1) is 0 Å². The van der Waals surface area contributed by atoms with E-state index in [1.807, 2.05) is 0 Å². The third-order valence-corrected chi connectivity index (χ3v) is 10.9. The van der Waals surface area contributed by atoms with Crippen molar-refractivity contribution in [2.75, 3.05) is 24.6 Å². The molecule has 0 radical (unpaired) electrons. The van der Waals surface area contributed by atoms with E-state index >= 15 is 0 Å². The summed E-state index contributed by atoms with van der Waals surface area (Å²) in [6, 6.07) is 8.42. The number of sulfonamides is 2. The Hall–Kier alpha value is -2.52. The van der Waals surface area contributed by atoms with E-state index in [-0.39, 0.29) is 43.1 Å². The summed E-state index contributed by atoms with van der Waals surface area (Å²) in [6.07, 6.45) is 2.12. The van der Waals surface area contributed by atoms with E-state index in [9.17, 15) is 34.8 Å². The first-order valence-corrected chi connectivity index (χ1v) is 16.3. The Balaban J connectivity index is 1.26. The molecule has 220 valence electrons. The largest absolute Gasteiger partial charge is 0.351 e. The summed E-state index contributed by atoms with van der Waals surface area (Å²) in [7, 11) is -7.62. The van der Waals surface area contributed by atoms with Gasteiger partial charge >= 0.3 is 0 Å². The van der Waals surface area contributed by atoms with Crippen molar-refractivity contribution in [2.45, 2.75) is 50.2 Å². The molecule has 2 fully saturated rings. The van der Waals surface area contributed by atoms with E-state index in [1.54, 1.807) is 30.3 Å². The number of benzene rings is 2. The topological polar surface area (TPSA) is 139 Å². The molecule has 3 atom stereocenters. The van der Waals surface area contributed by atoms with Gasteiger partial charge in [-0.2, -0.15) is 4.31 Å². The van der Waals surface area contributed by atoms with Crippen LogP contribution < -0.4 is 15.8 Å². The molecule has 4 rings (SSSR count). The van der Waals surface area contributed by atoms with Crippen molar-refractivity contribution < 1.29 is 34.8 Å². The highest BCUT2D eigenvalue weighted by Gasteiger charge is 2.47. The molecule has 40 heavy (non-hydrogen) atoms. The van der Waals surface area contributed by atoms with Crippen molar-refractivity contribution in [1.29, 1.82) is 0 Å². The summed E-state index contributed by atoms with van der Waals surface area (Å²) in [5.41, 5.74) is 6.68. The Kier molecular flexibility index (Phi) is 9.55. The van der Waals surface area contributed by atoms with Gasteiger partial charge in [0.1, 0.15) is 5.82 Å². The van der Waals surface area contributed by atoms with Gasteiger partial charge in [-0.1, -0.05) is 18.2 Å². The van der Waals surface area contributed by atoms with Crippen molar-refractivity contribution in [3.63, 3.8) is 0 Å². The maximum atomic E-state index is 14.1. The van der Waals surface area contributed by atoms with Crippen LogP contribution in [0.25, 0.3) is 0 Å². The quantitative estimate of drug-likeness (QED) is 0.317. The van der Waals surface area contributed by atoms with Gasteiger partial charge < -0.3 is 11.1 Å². The van der Waals surface area contributed by atoms with Gasteiger partial charge in [0.05, 0.1) is 11.5 Å². The smallest absolute Gasteiger partial charge is 0.251 e. The molecule has 2 aliphatic heterocycles. The number of hydrogen-bond acceptors (Lipinski definition) is 6. The van der Waals surface area contributed by atoms with Gasteiger partial charge in [0, 0.05) is 42.8 Å². The first kappa shape index (κ1) is 30.4. The van der Waals surface area contributed by atoms with Crippen LogP contribution in [0.5, 0.6) is 0 Å². The molecule has 4 N–H and O–H groups in total. The SMILES string of the molecule is N[C@H](Cc1cc(F)c(F)cc1F)C1C[C@@H]2CC[C@@H](C1)N2S(=O)(=O)CCNS(=O)(=O)CCNC(=O)c1ccccc1. The van der Waals surface area contributed by atoms with Crippen LogP contribution in [0.1, 0.15) is 41.6 Å². The highest BCUT2D eigenvalue weighted by atomic mass is 32.2. The lowest BCUT2D eigenvalue weighted by Crippen LogP contribution is -2.51. The van der Waals surface area contributed by atoms with Gasteiger partial charge in [0.25, 0.3) is 5.91 Å². The van der Waals surface area contributed by atoms with Crippen molar-refractivity contribution in [1.82, 2.24) is 14.3 Å². The van der Waals surface area contributed by atoms with Crippen LogP contribution in [0, 0.1) is 23.4 Å². The lowest BCUT2D eigenvalue weighted by Gasteiger charge is -2.40. The van der Waals surface area contributed by atoms with Crippen LogP contribution >= 0.6 is 0 Å². The fourth-order valence-electron chi connectivity index (χ4n) is 5.61. The predicted molar refractivity (Wildman–Crippen MR) is 144 cm³/mol. The molecule has 0 saturated carbocycles. The summed E-state index contributed by atoms with van der Waals surface area (Å²) in [4.78, 5) is 12.1. The van der Waals surface area contributed by atoms with Crippen molar-refractivity contribution in [3.05, 3.63) is 71.0 Å². The van der Waals surface area contributed by atoms with Crippen molar-refractivity contribution in [3.8, 4) is 0 Å². The zero-order valence-electron chi connectivity index (χ0n) is 21.7. The van der Waals surface area contributed by atoms with Crippen molar-refractivity contribution in [2.24, 2.45) is 11.7 Å². The molecule has 2 aromatic carbocycles. The number of carbonyl (C=O) groups excluding carboxylic acids is 1. The molecule has 0 aromatic heterocycles. The Bertz CT molecular complexity index is 1410. The Morgan fingerprint density at radius 2 is 1.55 bits per heavy atom. The van der Waals surface area contributed by atoms with Gasteiger partial charge in [-0.25, -0.2) is 34.7 Å². The molecule has 0 aliphatic carbocycles. The average Bonchev–Trinajstić information content (AvgIpc) is 3.18. The minimum absolute atomic E-state index is 0.00648. The molecular formula is C26H33F3N4O5S2. The van der Waals surface area contributed by atoms with E-state index in [0.717, 1.165) is 6.07 Å². The lowest BCUT2D eigenvalue weighted by molar-refractivity contribution is 0.0956. The minimum atomic E-state index is -3.83. The van der Waals surface area contributed by atoms with E-state index in [2.05, 4.69) is 10.0 Å². The van der Waals surface area contributed by atoms with Crippen LogP contribution in [0.15, 0.2) is 42.5 Å². The Labute approximate surface area is 232 Å². The van der Waals surface area contributed by atoms with Gasteiger partial charge in [0.15, 0.2) is 11.6 Å². The maximum absolute atomic E-state index is 14.1. The van der Waals surface area contributed by atoms with E-state index in [0.29, 0.717) is 37.3 Å². The molecule has 14 heteroatoms. The van der Waals surface area contributed by atoms with E-state index in [1.165, 1.54) is 4.31 Å². The standard InChI is InChI=1S/C26H33F3N4O5S2/c27-22-16-24(29)23(28)14-18(22)15-25(30)19-12-20-6-7-21(13-19)33(20)40(37,38)11-9-32-39(35,36)10-8-31-26(34)17-4-2-1-3-5-17/h1-5,14,16,19-21,25,32H,6-13,15,30H2,(H,31,34)/t20-,21-,25+/m0/s1. The second kappa shape index (κ2) is 12.6. The number of piperidine rings is 1. The number of nitrogens with zero attached hydrogens (tertiary/aromatic N) is 1. The molecule has 1 amide bonds. The number of halogens is 3. The van der Waals surface area contributed by atoms with E-state index in [4.69, 9.17) is 5.73 Å². The number of nitrogens with two attached hydrogens (primary N) is 1. The molecule has 9 nitrogen and oxygen atoms in total. The number of carbonyl (C=O) groups is 1. The monoisotopic (exact) mass is 602 g/mol. The highest BCUT2D eigenvalue weighted by Crippen LogP contribution is 2.42. The predicted octanol–water partition coefficient (Wildman–Crippen LogP) is 1.90. The first-order valence-electron chi connectivity index (χ1n) is 13.1. The summed E-state index contributed by atoms with van der Waals surface area (Å²) < 4.78 is 95.6. The second-order valence-electron chi connectivity index (χ2n) is 10.3. The molecule has 2 saturated heterocycles.